The molecule has 0 fully saturated rings. The van der Waals surface area contributed by atoms with Crippen molar-refractivity contribution in [1.29, 1.82) is 0 Å². The summed E-state index contributed by atoms with van der Waals surface area (Å²) < 4.78 is 4.86. The van der Waals surface area contributed by atoms with Crippen LogP contribution in [0.15, 0.2) is 0 Å². The minimum absolute atomic E-state index is 0.852. The summed E-state index contributed by atoms with van der Waals surface area (Å²) in [4.78, 5) is 0. The number of rotatable bonds is 5. The lowest BCUT2D eigenvalue weighted by atomic mass is 10.3. The summed E-state index contributed by atoms with van der Waals surface area (Å²) in [6.07, 6.45) is 2.23. The largest absolute Gasteiger partial charge is 0.330 e. The molecule has 0 bridgehead atoms. The van der Waals surface area contributed by atoms with Gasteiger partial charge < -0.3 is 4.52 Å². The fourth-order valence-corrected chi connectivity index (χ4v) is 1.54. The minimum Gasteiger partial charge on any atom is -0.330 e. The molecule has 1 atom stereocenters. The van der Waals surface area contributed by atoms with Gasteiger partial charge in [0.25, 0.3) is 0 Å². The molecule has 1 unspecified atom stereocenters. The summed E-state index contributed by atoms with van der Waals surface area (Å²) in [7, 11) is 1.53. The molecular weight excluding hydrogens is 189 g/mol. The van der Waals surface area contributed by atoms with Crippen molar-refractivity contribution >= 4 is 28.8 Å². The topological polar surface area (TPSA) is 21.3 Å². The van der Waals surface area contributed by atoms with E-state index in [-0.39, 0.29) is 0 Å². The standard InChI is InChI=1S/C5H13ClNOPS/c1-3-4-5-7-9(6,10)8-2/h3-5H2,1-2H3,(H,7,10). The molecular formula is C5H13ClNOPS. The summed E-state index contributed by atoms with van der Waals surface area (Å²) in [5.41, 5.74) is 0. The highest BCUT2D eigenvalue weighted by Gasteiger charge is 2.08. The second-order valence-electron chi connectivity index (χ2n) is 1.92. The van der Waals surface area contributed by atoms with Crippen LogP contribution in [0.25, 0.3) is 0 Å². The molecule has 0 aromatic heterocycles. The van der Waals surface area contributed by atoms with Crippen molar-refractivity contribution in [3.63, 3.8) is 0 Å². The van der Waals surface area contributed by atoms with Crippen molar-refractivity contribution < 1.29 is 4.52 Å². The first-order valence-corrected chi connectivity index (χ1v) is 6.85. The van der Waals surface area contributed by atoms with Crippen molar-refractivity contribution in [3.05, 3.63) is 0 Å². The highest BCUT2D eigenvalue weighted by molar-refractivity contribution is 8.23. The maximum atomic E-state index is 5.75. The zero-order chi connectivity index (χ0) is 8.04. The van der Waals surface area contributed by atoms with Gasteiger partial charge in [0.2, 0.25) is 5.77 Å². The van der Waals surface area contributed by atoms with Crippen LogP contribution in [0.2, 0.25) is 0 Å². The Morgan fingerprint density at radius 2 is 2.30 bits per heavy atom. The van der Waals surface area contributed by atoms with Crippen LogP contribution in [0.4, 0.5) is 0 Å². The van der Waals surface area contributed by atoms with Crippen LogP contribution in [0.3, 0.4) is 0 Å². The van der Waals surface area contributed by atoms with Gasteiger partial charge in [-0.15, -0.1) is 0 Å². The smallest absolute Gasteiger partial charge is 0.218 e. The first-order chi connectivity index (χ1) is 4.62. The summed E-state index contributed by atoms with van der Waals surface area (Å²) in [6, 6.07) is 0. The number of halogens is 1. The lowest BCUT2D eigenvalue weighted by Gasteiger charge is -2.12. The Labute approximate surface area is 72.2 Å². The molecule has 0 aliphatic rings. The fraction of sp³-hybridized carbons (Fsp3) is 1.00. The molecule has 0 radical (unpaired) electrons. The van der Waals surface area contributed by atoms with Crippen LogP contribution in [-0.2, 0) is 16.3 Å². The van der Waals surface area contributed by atoms with E-state index in [1.807, 2.05) is 0 Å². The summed E-state index contributed by atoms with van der Waals surface area (Å²) >= 11 is 10.7. The molecule has 5 heteroatoms. The van der Waals surface area contributed by atoms with Gasteiger partial charge in [0.05, 0.1) is 0 Å². The zero-order valence-electron chi connectivity index (χ0n) is 6.26. The van der Waals surface area contributed by atoms with Gasteiger partial charge in [0, 0.05) is 13.7 Å². The predicted octanol–water partition coefficient (Wildman–Crippen LogP) is 2.49. The van der Waals surface area contributed by atoms with Gasteiger partial charge in [-0.05, 0) is 29.5 Å². The third-order valence-electron chi connectivity index (χ3n) is 1.07. The van der Waals surface area contributed by atoms with Crippen molar-refractivity contribution in [2.24, 2.45) is 0 Å². The van der Waals surface area contributed by atoms with Crippen LogP contribution in [0, 0.1) is 0 Å². The van der Waals surface area contributed by atoms with E-state index >= 15 is 0 Å². The molecule has 62 valence electrons. The molecule has 0 aliphatic heterocycles. The molecule has 10 heavy (non-hydrogen) atoms. The van der Waals surface area contributed by atoms with Gasteiger partial charge in [-0.25, -0.2) is 0 Å². The average molecular weight is 202 g/mol. The quantitative estimate of drug-likeness (QED) is 0.546. The maximum Gasteiger partial charge on any atom is 0.218 e. The molecule has 0 rings (SSSR count). The van der Waals surface area contributed by atoms with Gasteiger partial charge in [-0.1, -0.05) is 13.3 Å². The Morgan fingerprint density at radius 3 is 2.70 bits per heavy atom. The summed E-state index contributed by atoms with van der Waals surface area (Å²) in [5.74, 6) is -2.15. The van der Waals surface area contributed by atoms with Crippen LogP contribution in [0.1, 0.15) is 19.8 Å². The first-order valence-electron chi connectivity index (χ1n) is 3.23. The first kappa shape index (κ1) is 10.9. The molecule has 0 aliphatic carbocycles. The molecule has 0 heterocycles. The fourth-order valence-electron chi connectivity index (χ4n) is 0.454. The van der Waals surface area contributed by atoms with Crippen LogP contribution >= 0.6 is 17.0 Å². The van der Waals surface area contributed by atoms with Gasteiger partial charge in [0.15, 0.2) is 0 Å². The van der Waals surface area contributed by atoms with Crippen molar-refractivity contribution in [2.45, 2.75) is 19.8 Å². The van der Waals surface area contributed by atoms with Gasteiger partial charge >= 0.3 is 0 Å². The van der Waals surface area contributed by atoms with E-state index in [1.165, 1.54) is 7.11 Å². The predicted molar refractivity (Wildman–Crippen MR) is 50.1 cm³/mol. The number of hydrogen-bond acceptors (Lipinski definition) is 2. The second kappa shape index (κ2) is 5.50. The van der Waals surface area contributed by atoms with Crippen molar-refractivity contribution in [2.75, 3.05) is 13.7 Å². The molecule has 0 amide bonds. The Morgan fingerprint density at radius 1 is 1.70 bits per heavy atom. The number of hydrogen-bond donors (Lipinski definition) is 1. The Balaban J connectivity index is 3.38. The lowest BCUT2D eigenvalue weighted by Crippen LogP contribution is -2.09. The van der Waals surface area contributed by atoms with E-state index in [9.17, 15) is 0 Å². The van der Waals surface area contributed by atoms with Gasteiger partial charge in [0.1, 0.15) is 0 Å². The monoisotopic (exact) mass is 201 g/mol. The van der Waals surface area contributed by atoms with E-state index in [4.69, 9.17) is 27.6 Å². The maximum absolute atomic E-state index is 5.75. The zero-order valence-corrected chi connectivity index (χ0v) is 8.73. The van der Waals surface area contributed by atoms with Crippen LogP contribution < -0.4 is 5.09 Å². The minimum atomic E-state index is -2.15. The molecule has 1 N–H and O–H groups in total. The van der Waals surface area contributed by atoms with Gasteiger partial charge in [-0.2, -0.15) is 0 Å². The normalized spacial score (nSPS) is 16.7. The van der Waals surface area contributed by atoms with E-state index in [1.54, 1.807) is 0 Å². The van der Waals surface area contributed by atoms with E-state index in [2.05, 4.69) is 12.0 Å². The van der Waals surface area contributed by atoms with E-state index in [0.29, 0.717) is 0 Å². The average Bonchev–Trinajstić information content (AvgIpc) is 1.89. The second-order valence-corrected chi connectivity index (χ2v) is 7.14. The molecule has 0 aromatic carbocycles. The van der Waals surface area contributed by atoms with E-state index in [0.717, 1.165) is 19.4 Å². The number of nitrogens with one attached hydrogen (secondary N) is 1. The highest BCUT2D eigenvalue weighted by atomic mass is 35.7. The van der Waals surface area contributed by atoms with Crippen LogP contribution in [-0.4, -0.2) is 13.7 Å². The molecule has 2 nitrogen and oxygen atoms in total. The Bertz CT molecular complexity index is 133. The Hall–Kier alpha value is 0.860. The van der Waals surface area contributed by atoms with Crippen molar-refractivity contribution in [3.8, 4) is 0 Å². The van der Waals surface area contributed by atoms with Gasteiger partial charge in [-0.3, -0.25) is 5.09 Å². The third kappa shape index (κ3) is 5.63. The molecule has 0 aromatic rings. The summed E-state index contributed by atoms with van der Waals surface area (Å²) in [5, 5.41) is 2.98. The third-order valence-corrected chi connectivity index (χ3v) is 3.74. The highest BCUT2D eigenvalue weighted by Crippen LogP contribution is 2.47. The Kier molecular flexibility index (Phi) is 5.98. The van der Waals surface area contributed by atoms with Crippen LogP contribution in [0.5, 0.6) is 0 Å². The molecule has 0 saturated heterocycles. The SMILES string of the molecule is CCCCNP(=S)(Cl)OC. The summed E-state index contributed by atoms with van der Waals surface area (Å²) in [6.45, 7) is 2.97. The molecule has 0 spiro atoms. The van der Waals surface area contributed by atoms with Crippen molar-refractivity contribution in [1.82, 2.24) is 5.09 Å². The lowest BCUT2D eigenvalue weighted by molar-refractivity contribution is 0.460. The number of unbranched alkanes of at least 4 members (excludes halogenated alkanes) is 1. The molecule has 0 saturated carbocycles. The van der Waals surface area contributed by atoms with E-state index < -0.39 is 5.77 Å².